The molecular formula is C23H19BrN2O. The molecule has 0 aliphatic carbocycles. The standard InChI is InChI=1S/C23H19BrN2O/c1-15(25-26-21-13-7-9-16-8-3-4-10-17(16)21)20-14-22(27-2)18-11-5-6-12-19(18)23(20)24/h3-14,26H,1-2H3. The van der Waals surface area contributed by atoms with Crippen LogP contribution in [-0.4, -0.2) is 12.8 Å². The van der Waals surface area contributed by atoms with Crippen molar-refractivity contribution in [2.45, 2.75) is 6.92 Å². The smallest absolute Gasteiger partial charge is 0.127 e. The van der Waals surface area contributed by atoms with E-state index >= 15 is 0 Å². The van der Waals surface area contributed by atoms with E-state index in [1.807, 2.05) is 49.4 Å². The number of nitrogens with one attached hydrogen (secondary N) is 1. The third kappa shape index (κ3) is 3.28. The minimum Gasteiger partial charge on any atom is -0.496 e. The molecule has 134 valence electrons. The zero-order chi connectivity index (χ0) is 18.8. The summed E-state index contributed by atoms with van der Waals surface area (Å²) >= 11 is 3.75. The van der Waals surface area contributed by atoms with Gasteiger partial charge in [0.05, 0.1) is 18.5 Å². The van der Waals surface area contributed by atoms with E-state index in [0.29, 0.717) is 0 Å². The minimum atomic E-state index is 0.837. The Morgan fingerprint density at radius 1 is 0.889 bits per heavy atom. The molecule has 0 saturated carbocycles. The number of ether oxygens (including phenoxy) is 1. The van der Waals surface area contributed by atoms with E-state index in [1.165, 1.54) is 5.39 Å². The highest BCUT2D eigenvalue weighted by atomic mass is 79.9. The zero-order valence-electron chi connectivity index (χ0n) is 15.2. The summed E-state index contributed by atoms with van der Waals surface area (Å²) in [4.78, 5) is 0. The van der Waals surface area contributed by atoms with Crippen molar-refractivity contribution in [2.24, 2.45) is 5.10 Å². The monoisotopic (exact) mass is 418 g/mol. The van der Waals surface area contributed by atoms with Crippen molar-refractivity contribution in [3.05, 3.63) is 82.8 Å². The first kappa shape index (κ1) is 17.6. The average molecular weight is 419 g/mol. The summed E-state index contributed by atoms with van der Waals surface area (Å²) in [6, 6.07) is 24.6. The van der Waals surface area contributed by atoms with Gasteiger partial charge in [0, 0.05) is 26.2 Å². The van der Waals surface area contributed by atoms with E-state index in [4.69, 9.17) is 4.74 Å². The number of anilines is 1. The van der Waals surface area contributed by atoms with Crippen molar-refractivity contribution >= 4 is 48.9 Å². The Morgan fingerprint density at radius 2 is 1.56 bits per heavy atom. The van der Waals surface area contributed by atoms with Gasteiger partial charge < -0.3 is 4.74 Å². The van der Waals surface area contributed by atoms with Crippen LogP contribution in [0.5, 0.6) is 5.75 Å². The van der Waals surface area contributed by atoms with Crippen LogP contribution in [0.25, 0.3) is 21.5 Å². The lowest BCUT2D eigenvalue weighted by Gasteiger charge is -2.13. The van der Waals surface area contributed by atoms with Gasteiger partial charge in [0.1, 0.15) is 5.75 Å². The van der Waals surface area contributed by atoms with E-state index < -0.39 is 0 Å². The molecule has 0 radical (unpaired) electrons. The minimum absolute atomic E-state index is 0.837. The summed E-state index contributed by atoms with van der Waals surface area (Å²) in [5.41, 5.74) is 6.08. The highest BCUT2D eigenvalue weighted by Gasteiger charge is 2.12. The molecule has 0 aliphatic rings. The van der Waals surface area contributed by atoms with Crippen LogP contribution in [0.1, 0.15) is 12.5 Å². The fraction of sp³-hybridized carbons (Fsp3) is 0.0870. The summed E-state index contributed by atoms with van der Waals surface area (Å²) in [6.45, 7) is 1.99. The summed E-state index contributed by atoms with van der Waals surface area (Å²) in [7, 11) is 1.69. The van der Waals surface area contributed by atoms with Crippen LogP contribution < -0.4 is 10.2 Å². The molecule has 4 heteroatoms. The largest absolute Gasteiger partial charge is 0.496 e. The SMILES string of the molecule is COc1cc(C(C)=NNc2cccc3ccccc23)c(Br)c2ccccc12. The molecule has 0 fully saturated rings. The van der Waals surface area contributed by atoms with Crippen molar-refractivity contribution in [3.8, 4) is 5.75 Å². The number of benzene rings is 4. The lowest BCUT2D eigenvalue weighted by atomic mass is 10.0. The Morgan fingerprint density at radius 3 is 2.33 bits per heavy atom. The molecule has 4 aromatic rings. The van der Waals surface area contributed by atoms with Gasteiger partial charge in [0.15, 0.2) is 0 Å². The van der Waals surface area contributed by atoms with Crippen molar-refractivity contribution in [2.75, 3.05) is 12.5 Å². The number of nitrogens with zero attached hydrogens (tertiary/aromatic N) is 1. The van der Waals surface area contributed by atoms with Gasteiger partial charge in [-0.3, -0.25) is 5.43 Å². The number of hydrogen-bond acceptors (Lipinski definition) is 3. The maximum absolute atomic E-state index is 5.60. The summed E-state index contributed by atoms with van der Waals surface area (Å²) < 4.78 is 6.61. The molecule has 0 amide bonds. The molecule has 4 rings (SSSR count). The van der Waals surface area contributed by atoms with E-state index in [1.54, 1.807) is 7.11 Å². The van der Waals surface area contributed by atoms with E-state index in [9.17, 15) is 0 Å². The molecule has 3 nitrogen and oxygen atoms in total. The Bertz CT molecular complexity index is 1160. The van der Waals surface area contributed by atoms with Crippen molar-refractivity contribution in [3.63, 3.8) is 0 Å². The van der Waals surface area contributed by atoms with Crippen LogP contribution in [0.15, 0.2) is 82.4 Å². The third-order valence-electron chi connectivity index (χ3n) is 4.68. The molecule has 0 unspecified atom stereocenters. The Labute approximate surface area is 166 Å². The van der Waals surface area contributed by atoms with Crippen LogP contribution in [-0.2, 0) is 0 Å². The van der Waals surface area contributed by atoms with Gasteiger partial charge in [-0.05, 0) is 40.4 Å². The van der Waals surface area contributed by atoms with Crippen LogP contribution in [0.4, 0.5) is 5.69 Å². The summed E-state index contributed by atoms with van der Waals surface area (Å²) in [6.07, 6.45) is 0. The van der Waals surface area contributed by atoms with Crippen LogP contribution in [0, 0.1) is 0 Å². The maximum atomic E-state index is 5.60. The first-order valence-electron chi connectivity index (χ1n) is 8.72. The molecule has 0 aromatic heterocycles. The topological polar surface area (TPSA) is 33.6 Å². The highest BCUT2D eigenvalue weighted by molar-refractivity contribution is 9.10. The van der Waals surface area contributed by atoms with Crippen LogP contribution >= 0.6 is 15.9 Å². The van der Waals surface area contributed by atoms with Crippen LogP contribution in [0.3, 0.4) is 0 Å². The van der Waals surface area contributed by atoms with Crippen molar-refractivity contribution in [1.29, 1.82) is 0 Å². The van der Waals surface area contributed by atoms with Crippen molar-refractivity contribution in [1.82, 2.24) is 0 Å². The molecule has 0 heterocycles. The number of fused-ring (bicyclic) bond motifs is 2. The lowest BCUT2D eigenvalue weighted by Crippen LogP contribution is -2.02. The maximum Gasteiger partial charge on any atom is 0.127 e. The normalized spacial score (nSPS) is 11.7. The fourth-order valence-electron chi connectivity index (χ4n) is 3.27. The second-order valence-corrected chi connectivity index (χ2v) is 7.11. The number of rotatable bonds is 4. The summed E-state index contributed by atoms with van der Waals surface area (Å²) in [5.74, 6) is 0.837. The molecule has 0 aliphatic heterocycles. The molecular weight excluding hydrogens is 400 g/mol. The number of halogens is 1. The summed E-state index contributed by atoms with van der Waals surface area (Å²) in [5, 5.41) is 9.15. The van der Waals surface area contributed by atoms with Crippen LogP contribution in [0.2, 0.25) is 0 Å². The molecule has 27 heavy (non-hydrogen) atoms. The van der Waals surface area contributed by atoms with Crippen molar-refractivity contribution < 1.29 is 4.74 Å². The molecule has 0 atom stereocenters. The van der Waals surface area contributed by atoms with Gasteiger partial charge in [-0.1, -0.05) is 60.7 Å². The zero-order valence-corrected chi connectivity index (χ0v) is 16.7. The van der Waals surface area contributed by atoms with E-state index in [-0.39, 0.29) is 0 Å². The molecule has 1 N–H and O–H groups in total. The number of hydrogen-bond donors (Lipinski definition) is 1. The second-order valence-electron chi connectivity index (χ2n) is 6.32. The first-order chi connectivity index (χ1) is 13.2. The molecule has 0 bridgehead atoms. The Kier molecular flexibility index (Phi) is 4.82. The van der Waals surface area contributed by atoms with Gasteiger partial charge in [-0.2, -0.15) is 5.10 Å². The quantitative estimate of drug-likeness (QED) is 0.299. The predicted octanol–water partition coefficient (Wildman–Crippen LogP) is 6.60. The number of methoxy groups -OCH3 is 1. The molecule has 4 aromatic carbocycles. The van der Waals surface area contributed by atoms with Gasteiger partial charge in [0.25, 0.3) is 0 Å². The Hall–Kier alpha value is -2.85. The van der Waals surface area contributed by atoms with Gasteiger partial charge in [-0.15, -0.1) is 0 Å². The Balaban J connectivity index is 1.76. The second kappa shape index (κ2) is 7.41. The fourth-order valence-corrected chi connectivity index (χ4v) is 4.01. The van der Waals surface area contributed by atoms with Gasteiger partial charge >= 0.3 is 0 Å². The van der Waals surface area contributed by atoms with E-state index in [2.05, 4.69) is 56.8 Å². The predicted molar refractivity (Wildman–Crippen MR) is 118 cm³/mol. The third-order valence-corrected chi connectivity index (χ3v) is 5.54. The average Bonchev–Trinajstić information content (AvgIpc) is 2.72. The molecule has 0 spiro atoms. The number of hydrazone groups is 1. The highest BCUT2D eigenvalue weighted by Crippen LogP contribution is 2.35. The molecule has 0 saturated heterocycles. The lowest BCUT2D eigenvalue weighted by molar-refractivity contribution is 0.419. The van der Waals surface area contributed by atoms with Gasteiger partial charge in [-0.25, -0.2) is 0 Å². The van der Waals surface area contributed by atoms with Gasteiger partial charge in [0.2, 0.25) is 0 Å². The first-order valence-corrected chi connectivity index (χ1v) is 9.52. The van der Waals surface area contributed by atoms with E-state index in [0.717, 1.165) is 43.3 Å².